The van der Waals surface area contributed by atoms with Crippen LogP contribution in [-0.2, 0) is 16.0 Å². The van der Waals surface area contributed by atoms with Gasteiger partial charge in [0.15, 0.2) is 0 Å². The second-order valence-electron chi connectivity index (χ2n) is 7.93. The van der Waals surface area contributed by atoms with Crippen LogP contribution in [-0.4, -0.2) is 29.0 Å². The molecular formula is C27H25BrN4O4. The predicted molar refractivity (Wildman–Crippen MR) is 144 cm³/mol. The number of aryl methyl sites for hydroxylation is 1. The summed E-state index contributed by atoms with van der Waals surface area (Å²) in [4.78, 5) is 38.5. The average Bonchev–Trinajstić information content (AvgIpc) is 3.23. The van der Waals surface area contributed by atoms with E-state index >= 15 is 0 Å². The number of ether oxygens (including phenoxy) is 1. The number of amides is 3. The van der Waals surface area contributed by atoms with Crippen molar-refractivity contribution in [1.82, 2.24) is 4.68 Å². The van der Waals surface area contributed by atoms with Gasteiger partial charge in [-0.25, -0.2) is 4.68 Å². The van der Waals surface area contributed by atoms with E-state index in [0.29, 0.717) is 34.6 Å². The van der Waals surface area contributed by atoms with E-state index in [0.717, 1.165) is 16.5 Å². The zero-order valence-corrected chi connectivity index (χ0v) is 21.4. The Kier molecular flexibility index (Phi) is 7.70. The van der Waals surface area contributed by atoms with E-state index in [2.05, 4.69) is 32.0 Å². The standard InChI is InChI=1S/C27H25BrN4O4/c1-3-17-5-8-20(9-6-17)30-26(34)27(35)31-32-23-14-7-19(28)15-18(23)16-24(32)25(33)29-21-10-12-22(13-11-21)36-4-2/h5-16H,3-4H2,1-2H3,(H,29,33)(H,30,34)(H,31,35). The normalized spacial score (nSPS) is 10.6. The van der Waals surface area contributed by atoms with Gasteiger partial charge >= 0.3 is 11.8 Å². The van der Waals surface area contributed by atoms with Gasteiger partial charge in [-0.3, -0.25) is 19.8 Å². The molecule has 1 heterocycles. The molecule has 3 aromatic carbocycles. The van der Waals surface area contributed by atoms with Crippen LogP contribution >= 0.6 is 15.9 Å². The highest BCUT2D eigenvalue weighted by Gasteiger charge is 2.21. The Morgan fingerprint density at radius 1 is 0.833 bits per heavy atom. The Labute approximate surface area is 216 Å². The highest BCUT2D eigenvalue weighted by molar-refractivity contribution is 9.10. The number of benzene rings is 3. The summed E-state index contributed by atoms with van der Waals surface area (Å²) < 4.78 is 7.56. The number of nitrogens with one attached hydrogen (secondary N) is 3. The molecule has 0 aliphatic rings. The lowest BCUT2D eigenvalue weighted by molar-refractivity contribution is -0.133. The molecule has 9 heteroatoms. The topological polar surface area (TPSA) is 101 Å². The molecular weight excluding hydrogens is 524 g/mol. The Balaban J connectivity index is 1.57. The van der Waals surface area contributed by atoms with E-state index < -0.39 is 17.7 Å². The summed E-state index contributed by atoms with van der Waals surface area (Å²) in [5.74, 6) is -1.53. The van der Waals surface area contributed by atoms with Crippen LogP contribution < -0.4 is 20.8 Å². The van der Waals surface area contributed by atoms with Crippen LogP contribution in [0.1, 0.15) is 29.9 Å². The van der Waals surface area contributed by atoms with Crippen molar-refractivity contribution in [2.45, 2.75) is 20.3 Å². The minimum absolute atomic E-state index is 0.158. The second kappa shape index (κ2) is 11.1. The molecule has 4 aromatic rings. The van der Waals surface area contributed by atoms with E-state index in [4.69, 9.17) is 4.74 Å². The third-order valence-electron chi connectivity index (χ3n) is 5.46. The maximum atomic E-state index is 13.2. The van der Waals surface area contributed by atoms with Crippen LogP contribution in [0.2, 0.25) is 0 Å². The molecule has 184 valence electrons. The summed E-state index contributed by atoms with van der Waals surface area (Å²) in [6, 6.07) is 21.2. The van der Waals surface area contributed by atoms with Crippen molar-refractivity contribution in [1.29, 1.82) is 0 Å². The van der Waals surface area contributed by atoms with Gasteiger partial charge in [0.1, 0.15) is 11.4 Å². The number of fused-ring (bicyclic) bond motifs is 1. The van der Waals surface area contributed by atoms with Gasteiger partial charge in [-0.2, -0.15) is 0 Å². The lowest BCUT2D eigenvalue weighted by Crippen LogP contribution is -2.36. The molecule has 0 bridgehead atoms. The molecule has 36 heavy (non-hydrogen) atoms. The van der Waals surface area contributed by atoms with Gasteiger partial charge in [-0.1, -0.05) is 35.0 Å². The Morgan fingerprint density at radius 3 is 2.17 bits per heavy atom. The van der Waals surface area contributed by atoms with Gasteiger partial charge < -0.3 is 15.4 Å². The molecule has 0 aliphatic carbocycles. The maximum Gasteiger partial charge on any atom is 0.328 e. The summed E-state index contributed by atoms with van der Waals surface area (Å²) in [5, 5.41) is 6.11. The van der Waals surface area contributed by atoms with Gasteiger partial charge in [0.05, 0.1) is 12.1 Å². The molecule has 1 aromatic heterocycles. The molecule has 0 unspecified atom stereocenters. The fraction of sp³-hybridized carbons (Fsp3) is 0.148. The summed E-state index contributed by atoms with van der Waals surface area (Å²) in [5.41, 5.74) is 5.45. The van der Waals surface area contributed by atoms with Crippen LogP contribution in [0.4, 0.5) is 11.4 Å². The molecule has 3 N–H and O–H groups in total. The second-order valence-corrected chi connectivity index (χ2v) is 8.84. The van der Waals surface area contributed by atoms with Crippen LogP contribution in [0, 0.1) is 0 Å². The number of nitrogens with zero attached hydrogens (tertiary/aromatic N) is 1. The number of carbonyl (C=O) groups is 3. The average molecular weight is 549 g/mol. The Hall–Kier alpha value is -4.11. The van der Waals surface area contributed by atoms with Crippen molar-refractivity contribution in [2.24, 2.45) is 0 Å². The van der Waals surface area contributed by atoms with Crippen LogP contribution in [0.3, 0.4) is 0 Å². The van der Waals surface area contributed by atoms with Gasteiger partial charge in [0.2, 0.25) is 0 Å². The number of carbonyl (C=O) groups excluding carboxylic acids is 3. The first-order chi connectivity index (χ1) is 17.4. The number of anilines is 2. The molecule has 3 amide bonds. The maximum absolute atomic E-state index is 13.2. The summed E-state index contributed by atoms with van der Waals surface area (Å²) in [6.07, 6.45) is 0.868. The predicted octanol–water partition coefficient (Wildman–Crippen LogP) is 5.33. The van der Waals surface area contributed by atoms with E-state index in [9.17, 15) is 14.4 Å². The Morgan fingerprint density at radius 2 is 1.50 bits per heavy atom. The minimum atomic E-state index is -0.912. The number of aromatic nitrogens is 1. The van der Waals surface area contributed by atoms with Crippen molar-refractivity contribution < 1.29 is 19.1 Å². The lowest BCUT2D eigenvalue weighted by Gasteiger charge is -2.13. The first kappa shape index (κ1) is 25.0. The zero-order valence-electron chi connectivity index (χ0n) is 19.8. The van der Waals surface area contributed by atoms with E-state index in [1.165, 1.54) is 4.68 Å². The van der Waals surface area contributed by atoms with Gasteiger partial charge in [-0.15, -0.1) is 0 Å². The van der Waals surface area contributed by atoms with E-state index in [1.54, 1.807) is 54.6 Å². The van der Waals surface area contributed by atoms with Crippen LogP contribution in [0.25, 0.3) is 10.9 Å². The SMILES string of the molecule is CCOc1ccc(NC(=O)c2cc3cc(Br)ccc3n2NC(=O)C(=O)Nc2ccc(CC)cc2)cc1. The fourth-order valence-electron chi connectivity index (χ4n) is 3.63. The molecule has 0 fully saturated rings. The zero-order chi connectivity index (χ0) is 25.7. The minimum Gasteiger partial charge on any atom is -0.494 e. The Bertz CT molecular complexity index is 1410. The van der Waals surface area contributed by atoms with E-state index in [-0.39, 0.29) is 5.69 Å². The summed E-state index contributed by atoms with van der Waals surface area (Å²) >= 11 is 3.42. The molecule has 0 saturated carbocycles. The van der Waals surface area contributed by atoms with Gasteiger partial charge in [0, 0.05) is 21.2 Å². The molecule has 8 nitrogen and oxygen atoms in total. The summed E-state index contributed by atoms with van der Waals surface area (Å²) in [7, 11) is 0. The number of hydrogen-bond acceptors (Lipinski definition) is 4. The monoisotopic (exact) mass is 548 g/mol. The molecule has 0 radical (unpaired) electrons. The number of halogens is 1. The first-order valence-corrected chi connectivity index (χ1v) is 12.2. The third-order valence-corrected chi connectivity index (χ3v) is 5.95. The molecule has 0 spiro atoms. The van der Waals surface area contributed by atoms with Crippen molar-refractivity contribution >= 4 is 55.9 Å². The van der Waals surface area contributed by atoms with Gasteiger partial charge in [-0.05, 0) is 79.6 Å². The van der Waals surface area contributed by atoms with Crippen molar-refractivity contribution in [3.63, 3.8) is 0 Å². The highest BCUT2D eigenvalue weighted by Crippen LogP contribution is 2.24. The molecule has 0 aliphatic heterocycles. The van der Waals surface area contributed by atoms with Crippen molar-refractivity contribution in [3.05, 3.63) is 88.5 Å². The first-order valence-electron chi connectivity index (χ1n) is 11.4. The third kappa shape index (κ3) is 5.75. The quantitative estimate of drug-likeness (QED) is 0.272. The summed E-state index contributed by atoms with van der Waals surface area (Å²) in [6.45, 7) is 4.47. The molecule has 0 saturated heterocycles. The molecule has 4 rings (SSSR count). The van der Waals surface area contributed by atoms with Crippen molar-refractivity contribution in [3.8, 4) is 5.75 Å². The van der Waals surface area contributed by atoms with Crippen LogP contribution in [0.5, 0.6) is 5.75 Å². The van der Waals surface area contributed by atoms with Gasteiger partial charge in [0.25, 0.3) is 5.91 Å². The lowest BCUT2D eigenvalue weighted by atomic mass is 10.1. The largest absolute Gasteiger partial charge is 0.494 e. The molecule has 0 atom stereocenters. The smallest absolute Gasteiger partial charge is 0.328 e. The highest BCUT2D eigenvalue weighted by atomic mass is 79.9. The number of rotatable bonds is 7. The van der Waals surface area contributed by atoms with E-state index in [1.807, 2.05) is 32.0 Å². The fourth-order valence-corrected chi connectivity index (χ4v) is 4.01. The number of hydrogen-bond donors (Lipinski definition) is 3. The van der Waals surface area contributed by atoms with Crippen molar-refractivity contribution in [2.75, 3.05) is 22.7 Å². The van der Waals surface area contributed by atoms with Crippen LogP contribution in [0.15, 0.2) is 77.3 Å².